The van der Waals surface area contributed by atoms with Gasteiger partial charge in [0.2, 0.25) is 0 Å². The van der Waals surface area contributed by atoms with E-state index in [1.165, 1.54) is 0 Å². The van der Waals surface area contributed by atoms with E-state index in [1.807, 2.05) is 0 Å². The normalized spacial score (nSPS) is 21.2. The van der Waals surface area contributed by atoms with Crippen molar-refractivity contribution >= 4 is 11.8 Å². The molecule has 0 saturated carbocycles. The molecule has 1 atom stereocenters. The van der Waals surface area contributed by atoms with Crippen LogP contribution in [-0.2, 0) is 11.3 Å². The number of morpholine rings is 1. The van der Waals surface area contributed by atoms with Gasteiger partial charge < -0.3 is 14.6 Å². The summed E-state index contributed by atoms with van der Waals surface area (Å²) in [6.45, 7) is 2.35. The number of hydrogen-bond donors (Lipinski definition) is 1. The third-order valence-corrected chi connectivity index (χ3v) is 3.31. The minimum atomic E-state index is -4.18. The van der Waals surface area contributed by atoms with Crippen LogP contribution in [0.2, 0.25) is 0 Å². The highest BCUT2D eigenvalue weighted by molar-refractivity contribution is 8.00. The van der Waals surface area contributed by atoms with Gasteiger partial charge in [0, 0.05) is 25.4 Å². The van der Waals surface area contributed by atoms with Crippen LogP contribution in [0.25, 0.3) is 0 Å². The number of thioether (sulfide) groups is 1. The zero-order chi connectivity index (χ0) is 13.0. The first-order valence-electron chi connectivity index (χ1n) is 5.59. The van der Waals surface area contributed by atoms with Gasteiger partial charge in [0.25, 0.3) is 0 Å². The molecular formula is C10H14F3N3OS. The van der Waals surface area contributed by atoms with Gasteiger partial charge in [-0.2, -0.15) is 13.2 Å². The molecule has 0 bridgehead atoms. The van der Waals surface area contributed by atoms with Crippen molar-refractivity contribution in [3.8, 4) is 0 Å². The van der Waals surface area contributed by atoms with Crippen LogP contribution >= 0.6 is 11.8 Å². The number of hydrogen-bond acceptors (Lipinski definition) is 4. The van der Waals surface area contributed by atoms with Crippen molar-refractivity contribution < 1.29 is 17.9 Å². The van der Waals surface area contributed by atoms with Crippen molar-refractivity contribution in [3.05, 3.63) is 18.2 Å². The number of nitrogens with zero attached hydrogens (tertiary/aromatic N) is 2. The molecule has 2 rings (SSSR count). The molecule has 4 nitrogen and oxygen atoms in total. The maximum absolute atomic E-state index is 12.0. The summed E-state index contributed by atoms with van der Waals surface area (Å²) in [7, 11) is 0. The summed E-state index contributed by atoms with van der Waals surface area (Å²) in [6, 6.07) is 0. The molecule has 1 aromatic heterocycles. The smallest absolute Gasteiger partial charge is 0.369 e. The SMILES string of the molecule is FC(F)(F)SCCn1cncc1C1CNCCO1. The van der Waals surface area contributed by atoms with E-state index < -0.39 is 5.51 Å². The highest BCUT2D eigenvalue weighted by Gasteiger charge is 2.28. The molecule has 1 aromatic rings. The summed E-state index contributed by atoms with van der Waals surface area (Å²) >= 11 is -0.0179. The Morgan fingerprint density at radius 3 is 3.06 bits per heavy atom. The van der Waals surface area contributed by atoms with E-state index in [1.54, 1.807) is 17.1 Å². The Morgan fingerprint density at radius 1 is 1.56 bits per heavy atom. The third kappa shape index (κ3) is 3.89. The number of alkyl halides is 3. The molecule has 2 heterocycles. The van der Waals surface area contributed by atoms with Gasteiger partial charge in [-0.3, -0.25) is 0 Å². The molecule has 1 aliphatic heterocycles. The molecule has 0 spiro atoms. The second kappa shape index (κ2) is 5.94. The van der Waals surface area contributed by atoms with Crippen LogP contribution in [-0.4, -0.2) is 40.5 Å². The number of aromatic nitrogens is 2. The molecule has 18 heavy (non-hydrogen) atoms. The van der Waals surface area contributed by atoms with Crippen molar-refractivity contribution in [2.45, 2.75) is 18.2 Å². The summed E-state index contributed by atoms with van der Waals surface area (Å²) in [5.41, 5.74) is -3.35. The standard InChI is InChI=1S/C10H14F3N3OS/c11-10(12,13)18-4-2-16-7-15-5-8(16)9-6-14-1-3-17-9/h5,7,9,14H,1-4,6H2. The average molecular weight is 281 g/mol. The number of nitrogens with one attached hydrogen (secondary N) is 1. The van der Waals surface area contributed by atoms with Crippen LogP contribution in [0.1, 0.15) is 11.8 Å². The van der Waals surface area contributed by atoms with Gasteiger partial charge in [-0.1, -0.05) is 0 Å². The first-order chi connectivity index (χ1) is 8.56. The maximum Gasteiger partial charge on any atom is 0.441 e. The molecule has 102 valence electrons. The number of rotatable bonds is 4. The third-order valence-electron chi connectivity index (χ3n) is 2.60. The zero-order valence-corrected chi connectivity index (χ0v) is 10.4. The Bertz CT molecular complexity index is 377. The monoisotopic (exact) mass is 281 g/mol. The van der Waals surface area contributed by atoms with E-state index in [-0.39, 0.29) is 30.2 Å². The van der Waals surface area contributed by atoms with Gasteiger partial charge in [-0.15, -0.1) is 0 Å². The van der Waals surface area contributed by atoms with E-state index in [9.17, 15) is 13.2 Å². The van der Waals surface area contributed by atoms with Crippen LogP contribution < -0.4 is 5.32 Å². The van der Waals surface area contributed by atoms with Crippen molar-refractivity contribution in [1.29, 1.82) is 0 Å². The Labute approximate surface area is 107 Å². The van der Waals surface area contributed by atoms with Crippen LogP contribution in [0, 0.1) is 0 Å². The number of ether oxygens (including phenoxy) is 1. The molecule has 1 fully saturated rings. The van der Waals surface area contributed by atoms with Gasteiger partial charge >= 0.3 is 5.51 Å². The number of halogens is 3. The van der Waals surface area contributed by atoms with E-state index >= 15 is 0 Å². The second-order valence-corrected chi connectivity index (χ2v) is 5.03. The van der Waals surface area contributed by atoms with E-state index in [2.05, 4.69) is 10.3 Å². The summed E-state index contributed by atoms with van der Waals surface area (Å²) in [6.07, 6.45) is 3.07. The lowest BCUT2D eigenvalue weighted by Crippen LogP contribution is -2.34. The summed E-state index contributed by atoms with van der Waals surface area (Å²) in [5.74, 6) is -0.0208. The van der Waals surface area contributed by atoms with Crippen LogP contribution in [0.15, 0.2) is 12.5 Å². The quantitative estimate of drug-likeness (QED) is 0.913. The Balaban J connectivity index is 1.91. The van der Waals surface area contributed by atoms with Crippen molar-refractivity contribution in [2.75, 3.05) is 25.4 Å². The average Bonchev–Trinajstić information content (AvgIpc) is 2.77. The number of aryl methyl sites for hydroxylation is 1. The van der Waals surface area contributed by atoms with Crippen molar-refractivity contribution in [3.63, 3.8) is 0 Å². The fourth-order valence-electron chi connectivity index (χ4n) is 1.80. The fraction of sp³-hybridized carbons (Fsp3) is 0.700. The van der Waals surface area contributed by atoms with Gasteiger partial charge in [-0.05, 0) is 11.8 Å². The largest absolute Gasteiger partial charge is 0.441 e. The predicted octanol–water partition coefficient (Wildman–Crippen LogP) is 1.80. The summed E-state index contributed by atoms with van der Waals surface area (Å²) in [5, 5.41) is 3.18. The van der Waals surface area contributed by atoms with E-state index in [0.717, 1.165) is 12.2 Å². The molecule has 0 aromatic carbocycles. The lowest BCUT2D eigenvalue weighted by Gasteiger charge is -2.24. The molecule has 1 saturated heterocycles. The molecular weight excluding hydrogens is 267 g/mol. The van der Waals surface area contributed by atoms with Gasteiger partial charge in [-0.25, -0.2) is 4.98 Å². The first-order valence-corrected chi connectivity index (χ1v) is 6.58. The molecule has 0 amide bonds. The molecule has 1 aliphatic rings. The maximum atomic E-state index is 12.0. The first kappa shape index (κ1) is 13.7. The van der Waals surface area contributed by atoms with Crippen LogP contribution in [0.3, 0.4) is 0 Å². The zero-order valence-electron chi connectivity index (χ0n) is 9.61. The molecule has 0 aliphatic carbocycles. The molecule has 1 unspecified atom stereocenters. The minimum Gasteiger partial charge on any atom is -0.369 e. The van der Waals surface area contributed by atoms with E-state index in [4.69, 9.17) is 4.74 Å². The lowest BCUT2D eigenvalue weighted by molar-refractivity contribution is -0.0328. The van der Waals surface area contributed by atoms with Gasteiger partial charge in [0.1, 0.15) is 6.10 Å². The molecule has 0 radical (unpaired) electrons. The topological polar surface area (TPSA) is 39.1 Å². The fourth-order valence-corrected chi connectivity index (χ4v) is 2.32. The van der Waals surface area contributed by atoms with Crippen molar-refractivity contribution in [1.82, 2.24) is 14.9 Å². The Kier molecular flexibility index (Phi) is 4.52. The van der Waals surface area contributed by atoms with Crippen molar-refractivity contribution in [2.24, 2.45) is 0 Å². The summed E-state index contributed by atoms with van der Waals surface area (Å²) in [4.78, 5) is 3.98. The Hall–Kier alpha value is -0.730. The lowest BCUT2D eigenvalue weighted by atomic mass is 10.2. The van der Waals surface area contributed by atoms with E-state index in [0.29, 0.717) is 13.2 Å². The highest BCUT2D eigenvalue weighted by atomic mass is 32.2. The van der Waals surface area contributed by atoms with Crippen LogP contribution in [0.4, 0.5) is 13.2 Å². The minimum absolute atomic E-state index is 0.0179. The van der Waals surface area contributed by atoms with Crippen LogP contribution in [0.5, 0.6) is 0 Å². The van der Waals surface area contributed by atoms with Gasteiger partial charge in [0.15, 0.2) is 0 Å². The highest BCUT2D eigenvalue weighted by Crippen LogP contribution is 2.30. The summed E-state index contributed by atoms with van der Waals surface area (Å²) < 4.78 is 43.4. The molecule has 1 N–H and O–H groups in total. The Morgan fingerprint density at radius 2 is 2.39 bits per heavy atom. The molecule has 8 heteroatoms. The second-order valence-electron chi connectivity index (χ2n) is 3.87. The predicted molar refractivity (Wildman–Crippen MR) is 62.3 cm³/mol. The number of imidazole rings is 1. The van der Waals surface area contributed by atoms with Gasteiger partial charge in [0.05, 0.1) is 24.8 Å².